The van der Waals surface area contributed by atoms with E-state index in [2.05, 4.69) is 10.3 Å². The summed E-state index contributed by atoms with van der Waals surface area (Å²) in [5, 5.41) is 4.35. The van der Waals surface area contributed by atoms with Crippen LogP contribution in [0.4, 0.5) is 14.5 Å². The fourth-order valence-corrected chi connectivity index (χ4v) is 2.13. The molecule has 0 aliphatic rings. The summed E-state index contributed by atoms with van der Waals surface area (Å²) in [7, 11) is 0. The van der Waals surface area contributed by atoms with E-state index >= 15 is 0 Å². The molecule has 1 amide bonds. The summed E-state index contributed by atoms with van der Waals surface area (Å²) in [6.07, 6.45) is 0.529. The molecule has 0 unspecified atom stereocenters. The maximum Gasteiger partial charge on any atom is 0.254 e. The Bertz CT molecular complexity index is 587. The van der Waals surface area contributed by atoms with E-state index in [1.807, 2.05) is 5.38 Å². The average molecular weight is 283 g/mol. The Balaban J connectivity index is 2.00. The summed E-state index contributed by atoms with van der Waals surface area (Å²) >= 11 is 1.45. The van der Waals surface area contributed by atoms with Crippen molar-refractivity contribution in [2.45, 2.75) is 6.42 Å². The third-order valence-corrected chi connectivity index (χ3v) is 3.10. The summed E-state index contributed by atoms with van der Waals surface area (Å²) in [5.41, 5.74) is 7.01. The van der Waals surface area contributed by atoms with Crippen LogP contribution in [0.3, 0.4) is 0 Å². The number of nitrogens with zero attached hydrogens (tertiary/aromatic N) is 1. The topological polar surface area (TPSA) is 68.0 Å². The number of nitrogen functional groups attached to an aromatic ring is 1. The number of nitrogens with one attached hydrogen (secondary N) is 1. The first kappa shape index (κ1) is 13.4. The summed E-state index contributed by atoms with van der Waals surface area (Å²) in [6.45, 7) is 0.290. The third-order valence-electron chi connectivity index (χ3n) is 2.46. The highest BCUT2D eigenvalue weighted by Crippen LogP contribution is 2.17. The highest BCUT2D eigenvalue weighted by Gasteiger charge is 2.15. The van der Waals surface area contributed by atoms with Gasteiger partial charge in [0.1, 0.15) is 5.82 Å². The maximum atomic E-state index is 13.6. The van der Waals surface area contributed by atoms with E-state index < -0.39 is 23.1 Å². The Morgan fingerprint density at radius 1 is 1.42 bits per heavy atom. The summed E-state index contributed by atoms with van der Waals surface area (Å²) in [5.74, 6) is -2.35. The van der Waals surface area contributed by atoms with Crippen LogP contribution >= 0.6 is 11.3 Å². The minimum Gasteiger partial charge on any atom is -0.396 e. The summed E-state index contributed by atoms with van der Waals surface area (Å²) in [4.78, 5) is 15.8. The quantitative estimate of drug-likeness (QED) is 0.843. The summed E-state index contributed by atoms with van der Waals surface area (Å²) < 4.78 is 26.6. The van der Waals surface area contributed by atoms with E-state index in [0.717, 1.165) is 17.8 Å². The molecule has 0 aliphatic heterocycles. The number of carbonyl (C=O) groups excluding carboxylic acids is 1. The third kappa shape index (κ3) is 3.25. The highest BCUT2D eigenvalue weighted by molar-refractivity contribution is 7.07. The number of carbonyl (C=O) groups is 1. The van der Waals surface area contributed by atoms with Gasteiger partial charge in [0.25, 0.3) is 5.91 Å². The zero-order valence-electron chi connectivity index (χ0n) is 9.82. The van der Waals surface area contributed by atoms with E-state index in [4.69, 9.17) is 5.73 Å². The molecular formula is C12H11F2N3OS. The van der Waals surface area contributed by atoms with Gasteiger partial charge >= 0.3 is 0 Å². The standard InChI is InChI=1S/C12H11F2N3OS/c13-7-3-9(11(14)10(15)4-7)12(18)16-2-1-8-5-19-6-17-8/h3-6H,1-2,15H2,(H,16,18). The summed E-state index contributed by atoms with van der Waals surface area (Å²) in [6, 6.07) is 1.66. The first-order valence-corrected chi connectivity index (χ1v) is 6.42. The van der Waals surface area contributed by atoms with Crippen molar-refractivity contribution in [2.24, 2.45) is 0 Å². The molecule has 1 heterocycles. The van der Waals surface area contributed by atoms with Crippen molar-refractivity contribution in [3.05, 3.63) is 45.9 Å². The van der Waals surface area contributed by atoms with Gasteiger partial charge in [-0.2, -0.15) is 0 Å². The molecule has 0 spiro atoms. The fourth-order valence-electron chi connectivity index (χ4n) is 1.54. The molecule has 0 saturated heterocycles. The number of benzene rings is 1. The molecule has 100 valence electrons. The minimum absolute atomic E-state index is 0.290. The number of hydrogen-bond donors (Lipinski definition) is 2. The lowest BCUT2D eigenvalue weighted by atomic mass is 10.1. The van der Waals surface area contributed by atoms with E-state index in [1.165, 1.54) is 11.3 Å². The smallest absolute Gasteiger partial charge is 0.254 e. The molecule has 3 N–H and O–H groups in total. The number of hydrogen-bond acceptors (Lipinski definition) is 4. The zero-order chi connectivity index (χ0) is 13.8. The Morgan fingerprint density at radius 2 is 2.21 bits per heavy atom. The molecule has 4 nitrogen and oxygen atoms in total. The van der Waals surface area contributed by atoms with E-state index in [1.54, 1.807) is 5.51 Å². The normalized spacial score (nSPS) is 10.4. The lowest BCUT2D eigenvalue weighted by molar-refractivity contribution is 0.0949. The lowest BCUT2D eigenvalue weighted by Crippen LogP contribution is -2.27. The SMILES string of the molecule is Nc1cc(F)cc(C(=O)NCCc2cscn2)c1F. The maximum absolute atomic E-state index is 13.6. The van der Waals surface area contributed by atoms with Crippen LogP contribution in [0.5, 0.6) is 0 Å². The van der Waals surface area contributed by atoms with Gasteiger partial charge in [-0.15, -0.1) is 11.3 Å². The van der Waals surface area contributed by atoms with Crippen molar-refractivity contribution in [1.29, 1.82) is 0 Å². The number of thiazole rings is 1. The van der Waals surface area contributed by atoms with Crippen LogP contribution in [0, 0.1) is 11.6 Å². The Labute approximate surface area is 112 Å². The van der Waals surface area contributed by atoms with Gasteiger partial charge in [-0.1, -0.05) is 0 Å². The molecule has 1 aromatic heterocycles. The number of anilines is 1. The van der Waals surface area contributed by atoms with E-state index in [-0.39, 0.29) is 5.69 Å². The van der Waals surface area contributed by atoms with E-state index in [0.29, 0.717) is 13.0 Å². The largest absolute Gasteiger partial charge is 0.396 e. The number of rotatable bonds is 4. The number of nitrogens with two attached hydrogens (primary N) is 1. The molecule has 1 aromatic carbocycles. The molecule has 0 bridgehead atoms. The fraction of sp³-hybridized carbons (Fsp3) is 0.167. The molecular weight excluding hydrogens is 272 g/mol. The number of halogens is 2. The molecule has 0 atom stereocenters. The minimum atomic E-state index is -0.910. The second kappa shape index (κ2) is 5.75. The molecule has 2 rings (SSSR count). The van der Waals surface area contributed by atoms with Crippen LogP contribution in [-0.2, 0) is 6.42 Å². The van der Waals surface area contributed by atoms with Crippen molar-refractivity contribution in [2.75, 3.05) is 12.3 Å². The molecule has 0 fully saturated rings. The van der Waals surface area contributed by atoms with Crippen LogP contribution in [0.1, 0.15) is 16.1 Å². The predicted molar refractivity (Wildman–Crippen MR) is 68.9 cm³/mol. The van der Waals surface area contributed by atoms with Gasteiger partial charge in [-0.25, -0.2) is 13.8 Å². The van der Waals surface area contributed by atoms with Crippen molar-refractivity contribution >= 4 is 22.9 Å². The van der Waals surface area contributed by atoms with Crippen molar-refractivity contribution in [3.8, 4) is 0 Å². The Hall–Kier alpha value is -2.02. The van der Waals surface area contributed by atoms with Crippen LogP contribution in [0.25, 0.3) is 0 Å². The van der Waals surface area contributed by atoms with Gasteiger partial charge in [0.2, 0.25) is 0 Å². The zero-order valence-corrected chi connectivity index (χ0v) is 10.6. The van der Waals surface area contributed by atoms with Crippen LogP contribution in [0.2, 0.25) is 0 Å². The number of aromatic nitrogens is 1. The molecule has 7 heteroatoms. The van der Waals surface area contributed by atoms with Crippen LogP contribution < -0.4 is 11.1 Å². The van der Waals surface area contributed by atoms with Crippen molar-refractivity contribution in [3.63, 3.8) is 0 Å². The Kier molecular flexibility index (Phi) is 4.06. The van der Waals surface area contributed by atoms with Crippen molar-refractivity contribution in [1.82, 2.24) is 10.3 Å². The molecule has 0 saturated carbocycles. The molecule has 0 aliphatic carbocycles. The molecule has 19 heavy (non-hydrogen) atoms. The van der Waals surface area contributed by atoms with Gasteiger partial charge in [0, 0.05) is 18.3 Å². The van der Waals surface area contributed by atoms with Crippen LogP contribution in [0.15, 0.2) is 23.0 Å². The second-order valence-corrected chi connectivity index (χ2v) is 4.56. The van der Waals surface area contributed by atoms with Gasteiger partial charge in [0.05, 0.1) is 22.5 Å². The van der Waals surface area contributed by atoms with Crippen molar-refractivity contribution < 1.29 is 13.6 Å². The van der Waals surface area contributed by atoms with Gasteiger partial charge in [-0.3, -0.25) is 4.79 Å². The molecule has 0 radical (unpaired) electrons. The predicted octanol–water partition coefficient (Wildman–Crippen LogP) is 1.98. The van der Waals surface area contributed by atoms with Gasteiger partial charge < -0.3 is 11.1 Å². The lowest BCUT2D eigenvalue weighted by Gasteiger charge is -2.07. The van der Waals surface area contributed by atoms with E-state index in [9.17, 15) is 13.6 Å². The van der Waals surface area contributed by atoms with Gasteiger partial charge in [-0.05, 0) is 12.1 Å². The van der Waals surface area contributed by atoms with Crippen LogP contribution in [-0.4, -0.2) is 17.4 Å². The van der Waals surface area contributed by atoms with Gasteiger partial charge in [0.15, 0.2) is 5.82 Å². The average Bonchev–Trinajstić information content (AvgIpc) is 2.86. The first-order valence-electron chi connectivity index (χ1n) is 5.47. The molecule has 2 aromatic rings. The Morgan fingerprint density at radius 3 is 2.89 bits per heavy atom. The first-order chi connectivity index (χ1) is 9.08. The highest BCUT2D eigenvalue weighted by atomic mass is 32.1. The monoisotopic (exact) mass is 283 g/mol. The second-order valence-electron chi connectivity index (χ2n) is 3.84. The number of amides is 1.